The van der Waals surface area contributed by atoms with Gasteiger partial charge in [0.25, 0.3) is 5.91 Å². The van der Waals surface area contributed by atoms with Gasteiger partial charge in [0.2, 0.25) is 5.91 Å². The van der Waals surface area contributed by atoms with Gasteiger partial charge in [0.1, 0.15) is 0 Å². The van der Waals surface area contributed by atoms with E-state index in [4.69, 9.17) is 4.74 Å². The minimum Gasteiger partial charge on any atom is -0.494 e. The van der Waals surface area contributed by atoms with E-state index >= 15 is 0 Å². The molecule has 2 fully saturated rings. The monoisotopic (exact) mass is 467 g/mol. The summed E-state index contributed by atoms with van der Waals surface area (Å²) in [7, 11) is 1.39. The van der Waals surface area contributed by atoms with Gasteiger partial charge in [0, 0.05) is 29.8 Å². The molecule has 0 atom stereocenters. The topological polar surface area (TPSA) is 70.7 Å². The number of piperidine rings is 1. The molecular formula is C27H34FN3O3. The molecule has 1 saturated carbocycles. The zero-order valence-corrected chi connectivity index (χ0v) is 19.8. The van der Waals surface area contributed by atoms with Gasteiger partial charge in [-0.2, -0.15) is 0 Å². The summed E-state index contributed by atoms with van der Waals surface area (Å²) in [5.41, 5.74) is 1.99. The van der Waals surface area contributed by atoms with Crippen LogP contribution >= 0.6 is 0 Å². The highest BCUT2D eigenvalue weighted by Gasteiger charge is 2.27. The Kier molecular flexibility index (Phi) is 8.16. The van der Waals surface area contributed by atoms with Gasteiger partial charge in [-0.25, -0.2) is 4.39 Å². The van der Waals surface area contributed by atoms with Crippen molar-refractivity contribution in [3.8, 4) is 5.75 Å². The Morgan fingerprint density at radius 3 is 2.50 bits per heavy atom. The quantitative estimate of drug-likeness (QED) is 0.617. The van der Waals surface area contributed by atoms with Gasteiger partial charge in [-0.05, 0) is 74.7 Å². The number of carbonyl (C=O) groups is 2. The fourth-order valence-electron chi connectivity index (χ4n) is 4.94. The minimum absolute atomic E-state index is 0.105. The number of benzene rings is 2. The average Bonchev–Trinajstić information content (AvgIpc) is 2.85. The molecule has 2 N–H and O–H groups in total. The van der Waals surface area contributed by atoms with Crippen LogP contribution in [-0.2, 0) is 11.3 Å². The minimum atomic E-state index is -0.570. The van der Waals surface area contributed by atoms with Crippen molar-refractivity contribution in [3.05, 3.63) is 59.4 Å². The van der Waals surface area contributed by atoms with Crippen molar-refractivity contribution in [2.75, 3.05) is 25.5 Å². The fraction of sp³-hybridized carbons (Fsp3) is 0.481. The van der Waals surface area contributed by atoms with Gasteiger partial charge in [-0.1, -0.05) is 31.4 Å². The molecule has 2 aromatic rings. The summed E-state index contributed by atoms with van der Waals surface area (Å²) in [6.07, 6.45) is 7.71. The molecule has 1 saturated heterocycles. The molecule has 0 bridgehead atoms. The molecule has 2 amide bonds. The SMILES string of the molecule is COc1ccc(C(=O)Nc2cccc(CN3CCC(C(=O)NC4CCCCC4)CC3)c2)cc1F. The van der Waals surface area contributed by atoms with E-state index in [1.165, 1.54) is 44.6 Å². The number of anilines is 1. The Hall–Kier alpha value is -2.93. The lowest BCUT2D eigenvalue weighted by Gasteiger charge is -2.32. The number of rotatable bonds is 7. The Morgan fingerprint density at radius 2 is 1.79 bits per heavy atom. The Bertz CT molecular complexity index is 998. The van der Waals surface area contributed by atoms with Crippen LogP contribution in [0.3, 0.4) is 0 Å². The molecule has 2 aliphatic rings. The van der Waals surface area contributed by atoms with Gasteiger partial charge in [-0.15, -0.1) is 0 Å². The molecule has 4 rings (SSSR count). The molecule has 0 unspecified atom stereocenters. The van der Waals surface area contributed by atoms with E-state index in [0.29, 0.717) is 11.7 Å². The van der Waals surface area contributed by atoms with Crippen molar-refractivity contribution < 1.29 is 18.7 Å². The number of halogens is 1. The number of likely N-dealkylation sites (tertiary alicyclic amines) is 1. The van der Waals surface area contributed by atoms with E-state index in [1.807, 2.05) is 24.3 Å². The van der Waals surface area contributed by atoms with Crippen molar-refractivity contribution in [3.63, 3.8) is 0 Å². The van der Waals surface area contributed by atoms with Crippen molar-refractivity contribution in [1.82, 2.24) is 10.2 Å². The van der Waals surface area contributed by atoms with Crippen LogP contribution in [0, 0.1) is 11.7 Å². The first kappa shape index (κ1) is 24.2. The zero-order chi connectivity index (χ0) is 23.9. The highest BCUT2D eigenvalue weighted by molar-refractivity contribution is 6.04. The molecule has 2 aromatic carbocycles. The molecule has 6 nitrogen and oxygen atoms in total. The number of amides is 2. The van der Waals surface area contributed by atoms with Crippen LogP contribution in [-0.4, -0.2) is 43.0 Å². The molecule has 34 heavy (non-hydrogen) atoms. The first-order valence-electron chi connectivity index (χ1n) is 12.3. The molecule has 1 heterocycles. The maximum Gasteiger partial charge on any atom is 0.255 e. The third-order valence-electron chi connectivity index (χ3n) is 6.91. The second kappa shape index (κ2) is 11.5. The van der Waals surface area contributed by atoms with Crippen LogP contribution in [0.5, 0.6) is 5.75 Å². The number of hydrogen-bond acceptors (Lipinski definition) is 4. The summed E-state index contributed by atoms with van der Waals surface area (Å²) in [4.78, 5) is 27.5. The normalized spacial score (nSPS) is 17.8. The first-order chi connectivity index (χ1) is 16.5. The van der Waals surface area contributed by atoms with Gasteiger partial charge in [0.05, 0.1) is 7.11 Å². The third-order valence-corrected chi connectivity index (χ3v) is 6.91. The van der Waals surface area contributed by atoms with E-state index in [-0.39, 0.29) is 29.0 Å². The highest BCUT2D eigenvalue weighted by atomic mass is 19.1. The Balaban J connectivity index is 1.27. The van der Waals surface area contributed by atoms with Gasteiger partial charge < -0.3 is 15.4 Å². The predicted octanol–water partition coefficient (Wildman–Crippen LogP) is 4.75. The van der Waals surface area contributed by atoms with Crippen molar-refractivity contribution in [2.24, 2.45) is 5.92 Å². The molecule has 0 aromatic heterocycles. The van der Waals surface area contributed by atoms with E-state index in [0.717, 1.165) is 50.9 Å². The smallest absolute Gasteiger partial charge is 0.255 e. The maximum absolute atomic E-state index is 13.9. The summed E-state index contributed by atoms with van der Waals surface area (Å²) in [5.74, 6) is -0.503. The van der Waals surface area contributed by atoms with Crippen LogP contribution in [0.1, 0.15) is 60.9 Å². The number of carbonyl (C=O) groups excluding carboxylic acids is 2. The number of hydrogen-bond donors (Lipinski definition) is 2. The van der Waals surface area contributed by atoms with E-state index in [1.54, 1.807) is 0 Å². The highest BCUT2D eigenvalue weighted by Crippen LogP contribution is 2.23. The van der Waals surface area contributed by atoms with Crippen LogP contribution in [0.2, 0.25) is 0 Å². The largest absolute Gasteiger partial charge is 0.494 e. The summed E-state index contributed by atoms with van der Waals surface area (Å²) < 4.78 is 18.8. The zero-order valence-electron chi connectivity index (χ0n) is 19.8. The Labute approximate surface area is 200 Å². The molecule has 182 valence electrons. The van der Waals surface area contributed by atoms with Crippen LogP contribution in [0.15, 0.2) is 42.5 Å². The summed E-state index contributed by atoms with van der Waals surface area (Å²) >= 11 is 0. The summed E-state index contributed by atoms with van der Waals surface area (Å²) in [6.45, 7) is 2.52. The predicted molar refractivity (Wildman–Crippen MR) is 130 cm³/mol. The van der Waals surface area contributed by atoms with Crippen molar-refractivity contribution in [1.29, 1.82) is 0 Å². The second-order valence-electron chi connectivity index (χ2n) is 9.40. The molecule has 0 spiro atoms. The maximum atomic E-state index is 13.9. The van der Waals surface area contributed by atoms with Crippen LogP contribution in [0.25, 0.3) is 0 Å². The molecule has 0 radical (unpaired) electrons. The Morgan fingerprint density at radius 1 is 1.03 bits per heavy atom. The van der Waals surface area contributed by atoms with Gasteiger partial charge in [-0.3, -0.25) is 14.5 Å². The molecule has 7 heteroatoms. The first-order valence-corrected chi connectivity index (χ1v) is 12.3. The van der Waals surface area contributed by atoms with E-state index in [2.05, 4.69) is 15.5 Å². The van der Waals surface area contributed by atoms with Crippen molar-refractivity contribution in [2.45, 2.75) is 57.5 Å². The van der Waals surface area contributed by atoms with E-state index in [9.17, 15) is 14.0 Å². The lowest BCUT2D eigenvalue weighted by atomic mass is 9.92. The van der Waals surface area contributed by atoms with E-state index < -0.39 is 5.82 Å². The average molecular weight is 468 g/mol. The lowest BCUT2D eigenvalue weighted by molar-refractivity contribution is -0.127. The van der Waals surface area contributed by atoms with Gasteiger partial charge in [0.15, 0.2) is 11.6 Å². The van der Waals surface area contributed by atoms with Crippen LogP contribution in [0.4, 0.5) is 10.1 Å². The summed E-state index contributed by atoms with van der Waals surface area (Å²) in [6, 6.07) is 12.2. The molecular weight excluding hydrogens is 433 g/mol. The van der Waals surface area contributed by atoms with Crippen LogP contribution < -0.4 is 15.4 Å². The number of methoxy groups -OCH3 is 1. The number of nitrogens with one attached hydrogen (secondary N) is 2. The lowest BCUT2D eigenvalue weighted by Crippen LogP contribution is -2.44. The number of nitrogens with zero attached hydrogens (tertiary/aromatic N) is 1. The molecule has 1 aliphatic carbocycles. The fourth-order valence-corrected chi connectivity index (χ4v) is 4.94. The second-order valence-corrected chi connectivity index (χ2v) is 9.40. The number of ether oxygens (including phenoxy) is 1. The van der Waals surface area contributed by atoms with Gasteiger partial charge >= 0.3 is 0 Å². The van der Waals surface area contributed by atoms with Crippen molar-refractivity contribution >= 4 is 17.5 Å². The standard InChI is InChI=1S/C27H34FN3O3/c1-34-25-11-10-21(17-24(25)28)27(33)30-23-9-5-6-19(16-23)18-31-14-12-20(13-15-31)26(32)29-22-7-3-2-4-8-22/h5-6,9-11,16-17,20,22H,2-4,7-8,12-15,18H2,1H3,(H,29,32)(H,30,33). The third kappa shape index (κ3) is 6.35. The summed E-state index contributed by atoms with van der Waals surface area (Å²) in [5, 5.41) is 6.12. The molecule has 1 aliphatic heterocycles.